The number of anilines is 1. The van der Waals surface area contributed by atoms with Gasteiger partial charge in [-0.3, -0.25) is 0 Å². The first-order chi connectivity index (χ1) is 11.0. The van der Waals surface area contributed by atoms with Crippen molar-refractivity contribution in [2.24, 2.45) is 5.92 Å². The van der Waals surface area contributed by atoms with E-state index in [0.717, 1.165) is 12.8 Å². The molecule has 2 atom stereocenters. The Morgan fingerprint density at radius 2 is 2.17 bits per heavy atom. The van der Waals surface area contributed by atoms with Crippen LogP contribution in [0.2, 0.25) is 10.0 Å². The fourth-order valence-electron chi connectivity index (χ4n) is 2.94. The number of rotatable bonds is 5. The minimum absolute atomic E-state index is 0.0268. The molecule has 2 unspecified atom stereocenters. The molecule has 23 heavy (non-hydrogen) atoms. The van der Waals surface area contributed by atoms with Crippen LogP contribution in [0.5, 0.6) is 0 Å². The maximum absolute atomic E-state index is 12.2. The first-order valence-electron chi connectivity index (χ1n) is 8.03. The molecule has 0 saturated heterocycles. The second kappa shape index (κ2) is 8.60. The zero-order chi connectivity index (χ0) is 16.8. The van der Waals surface area contributed by atoms with Crippen LogP contribution in [0.3, 0.4) is 0 Å². The number of pyridine rings is 1. The SMILES string of the molecule is CC1CCCC(N(C)C(=O)NCCNc2ncc(Cl)cc2Cl)C1. The molecule has 1 aromatic rings. The highest BCUT2D eigenvalue weighted by Gasteiger charge is 2.25. The molecule has 1 aromatic heterocycles. The van der Waals surface area contributed by atoms with Gasteiger partial charge in [0, 0.05) is 32.4 Å². The van der Waals surface area contributed by atoms with Gasteiger partial charge in [-0.15, -0.1) is 0 Å². The molecule has 0 spiro atoms. The van der Waals surface area contributed by atoms with Gasteiger partial charge in [0.1, 0.15) is 5.82 Å². The van der Waals surface area contributed by atoms with E-state index in [4.69, 9.17) is 23.2 Å². The van der Waals surface area contributed by atoms with Gasteiger partial charge >= 0.3 is 6.03 Å². The zero-order valence-electron chi connectivity index (χ0n) is 13.6. The molecule has 0 aliphatic heterocycles. The lowest BCUT2D eigenvalue weighted by atomic mass is 9.86. The summed E-state index contributed by atoms with van der Waals surface area (Å²) < 4.78 is 0. The summed E-state index contributed by atoms with van der Waals surface area (Å²) in [5.74, 6) is 1.27. The lowest BCUT2D eigenvalue weighted by Gasteiger charge is -2.34. The Balaban J connectivity index is 1.71. The van der Waals surface area contributed by atoms with Crippen molar-refractivity contribution in [2.75, 3.05) is 25.5 Å². The van der Waals surface area contributed by atoms with Crippen LogP contribution in [-0.2, 0) is 0 Å². The van der Waals surface area contributed by atoms with E-state index < -0.39 is 0 Å². The van der Waals surface area contributed by atoms with Crippen molar-refractivity contribution in [3.8, 4) is 0 Å². The second-order valence-corrected chi connectivity index (χ2v) is 7.02. The molecular formula is C16H24Cl2N4O. The zero-order valence-corrected chi connectivity index (χ0v) is 15.1. The van der Waals surface area contributed by atoms with E-state index in [0.29, 0.717) is 40.9 Å². The maximum Gasteiger partial charge on any atom is 0.317 e. The number of aromatic nitrogens is 1. The molecule has 1 fully saturated rings. The normalized spacial score (nSPS) is 20.9. The number of amides is 2. The highest BCUT2D eigenvalue weighted by Crippen LogP contribution is 2.26. The van der Waals surface area contributed by atoms with Crippen LogP contribution in [0.25, 0.3) is 0 Å². The predicted molar refractivity (Wildman–Crippen MR) is 95.3 cm³/mol. The number of halogens is 2. The van der Waals surface area contributed by atoms with Gasteiger partial charge in [0.2, 0.25) is 0 Å². The third-order valence-corrected chi connectivity index (χ3v) is 4.77. The van der Waals surface area contributed by atoms with Crippen LogP contribution in [0.4, 0.5) is 10.6 Å². The molecule has 2 rings (SSSR count). The average molecular weight is 359 g/mol. The van der Waals surface area contributed by atoms with E-state index in [1.807, 2.05) is 11.9 Å². The number of carbonyl (C=O) groups is 1. The van der Waals surface area contributed by atoms with E-state index in [1.165, 1.54) is 19.0 Å². The molecule has 0 radical (unpaired) electrons. The van der Waals surface area contributed by atoms with Crippen LogP contribution in [-0.4, -0.2) is 42.1 Å². The summed E-state index contributed by atoms with van der Waals surface area (Å²) in [5.41, 5.74) is 0. The van der Waals surface area contributed by atoms with Crippen LogP contribution >= 0.6 is 23.2 Å². The Morgan fingerprint density at radius 3 is 2.87 bits per heavy atom. The molecule has 2 amide bonds. The highest BCUT2D eigenvalue weighted by atomic mass is 35.5. The summed E-state index contributed by atoms with van der Waals surface area (Å²) in [6, 6.07) is 1.95. The minimum atomic E-state index is -0.0268. The average Bonchev–Trinajstić information content (AvgIpc) is 2.52. The van der Waals surface area contributed by atoms with Gasteiger partial charge in [0.15, 0.2) is 0 Å². The first-order valence-corrected chi connectivity index (χ1v) is 8.78. The molecule has 1 heterocycles. The fraction of sp³-hybridized carbons (Fsp3) is 0.625. The lowest BCUT2D eigenvalue weighted by Crippen LogP contribution is -2.46. The Hall–Kier alpha value is -1.20. The smallest absolute Gasteiger partial charge is 0.317 e. The molecule has 7 heteroatoms. The summed E-state index contributed by atoms with van der Waals surface area (Å²) in [5, 5.41) is 6.98. The largest absolute Gasteiger partial charge is 0.367 e. The Morgan fingerprint density at radius 1 is 1.39 bits per heavy atom. The Labute approximate surface area is 147 Å². The fourth-order valence-corrected chi connectivity index (χ4v) is 3.39. The van der Waals surface area contributed by atoms with Crippen LogP contribution in [0.15, 0.2) is 12.3 Å². The van der Waals surface area contributed by atoms with Gasteiger partial charge < -0.3 is 15.5 Å². The van der Waals surface area contributed by atoms with Gasteiger partial charge in [0.25, 0.3) is 0 Å². The number of hydrogen-bond acceptors (Lipinski definition) is 3. The number of nitrogens with zero attached hydrogens (tertiary/aromatic N) is 2. The van der Waals surface area contributed by atoms with Gasteiger partial charge in [-0.25, -0.2) is 9.78 Å². The summed E-state index contributed by atoms with van der Waals surface area (Å²) in [4.78, 5) is 18.1. The summed E-state index contributed by atoms with van der Waals surface area (Å²) >= 11 is 11.8. The minimum Gasteiger partial charge on any atom is -0.367 e. The number of nitrogens with one attached hydrogen (secondary N) is 2. The van der Waals surface area contributed by atoms with Gasteiger partial charge in [0.05, 0.1) is 10.0 Å². The standard InChI is InChI=1S/C16H24Cl2N4O/c1-11-4-3-5-13(8-11)22(2)16(23)20-7-6-19-15-14(18)9-12(17)10-21-15/h9-11,13H,3-8H2,1-2H3,(H,19,21)(H,20,23). The van der Waals surface area contributed by atoms with E-state index in [2.05, 4.69) is 22.5 Å². The van der Waals surface area contributed by atoms with E-state index in [9.17, 15) is 4.79 Å². The highest BCUT2D eigenvalue weighted by molar-refractivity contribution is 6.35. The third kappa shape index (κ3) is 5.43. The monoisotopic (exact) mass is 358 g/mol. The second-order valence-electron chi connectivity index (χ2n) is 6.18. The van der Waals surface area contributed by atoms with E-state index in [1.54, 1.807) is 6.07 Å². The number of urea groups is 1. The van der Waals surface area contributed by atoms with Crippen LogP contribution in [0.1, 0.15) is 32.6 Å². The van der Waals surface area contributed by atoms with Crippen molar-refractivity contribution >= 4 is 35.1 Å². The molecule has 0 bridgehead atoms. The number of carbonyl (C=O) groups excluding carboxylic acids is 1. The van der Waals surface area contributed by atoms with Crippen molar-refractivity contribution in [3.05, 3.63) is 22.3 Å². The molecular weight excluding hydrogens is 335 g/mol. The van der Waals surface area contributed by atoms with Crippen molar-refractivity contribution in [1.82, 2.24) is 15.2 Å². The van der Waals surface area contributed by atoms with Crippen molar-refractivity contribution in [2.45, 2.75) is 38.6 Å². The maximum atomic E-state index is 12.2. The molecule has 0 aromatic carbocycles. The van der Waals surface area contributed by atoms with Gasteiger partial charge in [-0.2, -0.15) is 0 Å². The summed E-state index contributed by atoms with van der Waals surface area (Å²) in [7, 11) is 1.88. The van der Waals surface area contributed by atoms with E-state index >= 15 is 0 Å². The Kier molecular flexibility index (Phi) is 6.78. The summed E-state index contributed by atoms with van der Waals surface area (Å²) in [6.07, 6.45) is 6.19. The molecule has 1 aliphatic rings. The van der Waals surface area contributed by atoms with Gasteiger partial charge in [-0.1, -0.05) is 43.0 Å². The van der Waals surface area contributed by atoms with Gasteiger partial charge in [-0.05, 0) is 24.8 Å². The predicted octanol–water partition coefficient (Wildman–Crippen LogP) is 4.02. The summed E-state index contributed by atoms with van der Waals surface area (Å²) in [6.45, 7) is 3.31. The first kappa shape index (κ1) is 18.1. The molecule has 1 saturated carbocycles. The van der Waals surface area contributed by atoms with E-state index in [-0.39, 0.29) is 6.03 Å². The quantitative estimate of drug-likeness (QED) is 0.781. The van der Waals surface area contributed by atoms with Crippen molar-refractivity contribution < 1.29 is 4.79 Å². The molecule has 1 aliphatic carbocycles. The molecule has 128 valence electrons. The van der Waals surface area contributed by atoms with Crippen LogP contribution in [0, 0.1) is 5.92 Å². The molecule has 2 N–H and O–H groups in total. The van der Waals surface area contributed by atoms with Crippen molar-refractivity contribution in [1.29, 1.82) is 0 Å². The Bertz CT molecular complexity index is 541. The molecule has 5 nitrogen and oxygen atoms in total. The number of hydrogen-bond donors (Lipinski definition) is 2. The lowest BCUT2D eigenvalue weighted by molar-refractivity contribution is 0.161. The third-order valence-electron chi connectivity index (χ3n) is 4.28. The topological polar surface area (TPSA) is 57.3 Å². The van der Waals surface area contributed by atoms with Crippen molar-refractivity contribution in [3.63, 3.8) is 0 Å². The van der Waals surface area contributed by atoms with Crippen LogP contribution < -0.4 is 10.6 Å².